The minimum absolute atomic E-state index is 0.828. The summed E-state index contributed by atoms with van der Waals surface area (Å²) >= 11 is 0. The number of amides is 2. The molecular formula is C49H82N2O39. The number of carbonyl (C=O) groups is 3. The van der Waals surface area contributed by atoms with Gasteiger partial charge in [0.15, 0.2) is 37.7 Å². The van der Waals surface area contributed by atoms with Gasteiger partial charge < -0.3 is 190 Å². The Bertz CT molecular complexity index is 2290. The summed E-state index contributed by atoms with van der Waals surface area (Å²) in [5.74, 6) is -7.10. The van der Waals surface area contributed by atoms with Gasteiger partial charge in [-0.1, -0.05) is 0 Å². The molecule has 0 aromatic heterocycles. The summed E-state index contributed by atoms with van der Waals surface area (Å²) in [6, 6.07) is -3.42. The fourth-order valence-corrected chi connectivity index (χ4v) is 11.4. The monoisotopic (exact) mass is 1320 g/mol. The molecule has 2 amide bonds. The van der Waals surface area contributed by atoms with Crippen molar-refractivity contribution >= 4 is 17.8 Å². The molecule has 41 heteroatoms. The molecule has 0 saturated carbocycles. The largest absolute Gasteiger partial charge is 0.477 e. The van der Waals surface area contributed by atoms with Gasteiger partial charge in [-0.05, 0) is 0 Å². The molecule has 0 bridgehead atoms. The summed E-state index contributed by atoms with van der Waals surface area (Å²) in [5.41, 5.74) is 0. The lowest BCUT2D eigenvalue weighted by Crippen LogP contribution is -2.71. The van der Waals surface area contributed by atoms with Crippen LogP contribution in [0.5, 0.6) is 0 Å². The number of hydrogen-bond donors (Lipinski definition) is 25. The van der Waals surface area contributed by atoms with Gasteiger partial charge in [0.25, 0.3) is 5.79 Å². The maximum atomic E-state index is 13.2. The number of aliphatic hydroxyl groups excluding tert-OH is 22. The predicted octanol–water partition coefficient (Wildman–Crippen LogP) is -16.8. The molecule has 0 radical (unpaired) electrons. The summed E-state index contributed by atoms with van der Waals surface area (Å²) in [6.45, 7) is -5.54. The Morgan fingerprint density at radius 3 is 1.42 bits per heavy atom. The molecule has 0 aliphatic carbocycles. The van der Waals surface area contributed by atoms with E-state index in [1.165, 1.54) is 0 Å². The van der Waals surface area contributed by atoms with Crippen molar-refractivity contribution in [1.29, 1.82) is 0 Å². The van der Waals surface area contributed by atoms with Gasteiger partial charge in [0.05, 0.1) is 58.4 Å². The normalized spacial score (nSPS) is 48.5. The van der Waals surface area contributed by atoms with Crippen molar-refractivity contribution in [2.24, 2.45) is 0 Å². The van der Waals surface area contributed by atoms with Crippen molar-refractivity contribution < 1.29 is 193 Å². The quantitative estimate of drug-likeness (QED) is 0.0427. The second kappa shape index (κ2) is 31.7. The molecule has 7 aliphatic heterocycles. The third kappa shape index (κ3) is 15.8. The number of aliphatic hydroxyl groups is 22. The predicted molar refractivity (Wildman–Crippen MR) is 272 cm³/mol. The lowest BCUT2D eigenvalue weighted by atomic mass is 9.88. The number of aliphatic carboxylic acids is 1. The Morgan fingerprint density at radius 1 is 0.456 bits per heavy atom. The fraction of sp³-hybridized carbons (Fsp3) is 0.939. The Hall–Kier alpha value is -2.99. The highest BCUT2D eigenvalue weighted by Gasteiger charge is 2.62. The second-order valence-electron chi connectivity index (χ2n) is 22.5. The fourth-order valence-electron chi connectivity index (χ4n) is 11.4. The number of carbonyl (C=O) groups excluding carboxylic acids is 2. The first-order valence-corrected chi connectivity index (χ1v) is 28.3. The Balaban J connectivity index is 1.12. The molecule has 7 fully saturated rings. The Labute approximate surface area is 508 Å². The van der Waals surface area contributed by atoms with E-state index in [1.54, 1.807) is 0 Å². The van der Waals surface area contributed by atoms with Crippen LogP contribution in [0.3, 0.4) is 0 Å². The maximum Gasteiger partial charge on any atom is 0.364 e. The minimum Gasteiger partial charge on any atom is -0.477 e. The lowest BCUT2D eigenvalue weighted by Gasteiger charge is -2.51. The number of hydrogen-bond acceptors (Lipinski definition) is 38. The third-order valence-electron chi connectivity index (χ3n) is 16.3. The Morgan fingerprint density at radius 2 is 0.878 bits per heavy atom. The van der Waals surface area contributed by atoms with Crippen molar-refractivity contribution in [2.75, 3.05) is 46.2 Å². The van der Waals surface area contributed by atoms with E-state index in [-0.39, 0.29) is 0 Å². The molecule has 90 heavy (non-hydrogen) atoms. The molecule has 7 heterocycles. The van der Waals surface area contributed by atoms with Crippen molar-refractivity contribution in [2.45, 2.75) is 241 Å². The highest BCUT2D eigenvalue weighted by molar-refractivity contribution is 5.76. The van der Waals surface area contributed by atoms with Crippen LogP contribution >= 0.6 is 0 Å². The van der Waals surface area contributed by atoms with Crippen LogP contribution < -0.4 is 10.6 Å². The van der Waals surface area contributed by atoms with Gasteiger partial charge in [0, 0.05) is 20.3 Å². The summed E-state index contributed by atoms with van der Waals surface area (Å²) in [4.78, 5) is 37.6. The van der Waals surface area contributed by atoms with E-state index in [2.05, 4.69) is 10.6 Å². The zero-order valence-corrected chi connectivity index (χ0v) is 47.7. The van der Waals surface area contributed by atoms with E-state index in [0.717, 1.165) is 13.8 Å². The summed E-state index contributed by atoms with van der Waals surface area (Å²) in [5, 5.41) is 254. The third-order valence-corrected chi connectivity index (χ3v) is 16.3. The van der Waals surface area contributed by atoms with E-state index in [9.17, 15) is 132 Å². The van der Waals surface area contributed by atoms with Gasteiger partial charge in [-0.2, -0.15) is 0 Å². The van der Waals surface area contributed by atoms with Crippen molar-refractivity contribution in [3.05, 3.63) is 0 Å². The average molecular weight is 1320 g/mol. The van der Waals surface area contributed by atoms with Gasteiger partial charge >= 0.3 is 5.97 Å². The van der Waals surface area contributed by atoms with Gasteiger partial charge in [-0.3, -0.25) is 9.59 Å². The van der Waals surface area contributed by atoms with Gasteiger partial charge in [0.1, 0.15) is 165 Å². The molecule has 0 aromatic rings. The number of ether oxygens (including phenoxy) is 13. The molecule has 7 aliphatic rings. The molecule has 41 nitrogen and oxygen atoms in total. The van der Waals surface area contributed by atoms with Gasteiger partial charge in [0.2, 0.25) is 11.8 Å². The number of rotatable bonds is 24. The summed E-state index contributed by atoms with van der Waals surface area (Å²) in [7, 11) is 0. The van der Waals surface area contributed by atoms with E-state index in [1.807, 2.05) is 0 Å². The molecule has 36 atom stereocenters. The SMILES string of the molecule is CC(=O)N[C@H]1[C@H](O[C@H]2[C@@H](O)[C@@H](CO[C@@H]3O[C@H](CO)[C@H](O)[C@H](O)[C@H]3O)O[C@@H](O[C@H]3[C@H](O)[C@@H](O)[C@H](O[C@@H]4[C@@H](O)[C@H](O[C@H]5C(O)O[C@H](CO)[C@H](O)[C@@H]5O[C@]5(C(=O)O)C[C@H](O)[C@@H](NC(C)=O)[C@H]([C@H](O)[C@H](O)CO)O5)O[C@H](CO)[C@H]4O)O[C@@H]3CO)[C@@H]2O)O[C@H](CO)[C@@H](O)[C@@H]1O. The van der Waals surface area contributed by atoms with Crippen molar-refractivity contribution in [1.82, 2.24) is 10.6 Å². The highest BCUT2D eigenvalue weighted by atomic mass is 16.8. The molecular weight excluding hydrogens is 1240 g/mol. The number of nitrogens with one attached hydrogen (secondary N) is 2. The van der Waals surface area contributed by atoms with Crippen LogP contribution in [0.25, 0.3) is 0 Å². The maximum absolute atomic E-state index is 13.2. The number of carboxylic acid groups (broad SMARTS) is 1. The first-order chi connectivity index (χ1) is 42.4. The first kappa shape index (κ1) is 74.4. The average Bonchev–Trinajstić information content (AvgIpc) is 0.771. The van der Waals surface area contributed by atoms with E-state index in [0.29, 0.717) is 0 Å². The van der Waals surface area contributed by atoms with E-state index in [4.69, 9.17) is 61.6 Å². The molecule has 25 N–H and O–H groups in total. The number of carboxylic acids is 1. The summed E-state index contributed by atoms with van der Waals surface area (Å²) < 4.78 is 73.8. The van der Waals surface area contributed by atoms with Crippen LogP contribution in [0.4, 0.5) is 0 Å². The molecule has 522 valence electrons. The zero-order valence-electron chi connectivity index (χ0n) is 47.7. The second-order valence-corrected chi connectivity index (χ2v) is 22.5. The topological polar surface area (TPSA) is 661 Å². The van der Waals surface area contributed by atoms with Gasteiger partial charge in [-0.15, -0.1) is 0 Å². The molecule has 7 saturated heterocycles. The highest BCUT2D eigenvalue weighted by Crippen LogP contribution is 2.41. The first-order valence-electron chi connectivity index (χ1n) is 28.3. The van der Waals surface area contributed by atoms with Crippen molar-refractivity contribution in [3.63, 3.8) is 0 Å². The zero-order chi connectivity index (χ0) is 66.7. The van der Waals surface area contributed by atoms with Crippen molar-refractivity contribution in [3.8, 4) is 0 Å². The summed E-state index contributed by atoms with van der Waals surface area (Å²) in [6.07, 6.45) is -70.8. The lowest BCUT2D eigenvalue weighted by molar-refractivity contribution is -0.405. The van der Waals surface area contributed by atoms with Crippen LogP contribution in [-0.2, 0) is 76.0 Å². The standard InChI is InChI=1S/C49H82N2O39/c1-11(58)50-21-13(60)3-49(48(76)77,89-37(21)23(62)14(61)4-52)90-40-27(66)17(7-55)79-42(75)41(40)88-46-34(73)38(26(65)18(8-56)82-46)87-45-33(72)31(70)36(19(9-57)83-45)85-47-35(74)39(86-43-22(51-12(2)59)29(68)24(63)15(5-53)80-43)28(67)20(84-47)10-78-44-32(71)30(69)25(64)16(6-54)81-44/h13-47,52-57,60-75H,3-10H2,1-2H3,(H,50,58)(H,51,59)(H,76,77)/t13-,14+,15+,16+,17+,18+,19+,20+,21+,22+,23+,24+,25-,26+,27-,28-,29+,30-,31+,32+,33+,34+,35+,36+,37+,38-,39-,40-,41+,42?,43-,44+,45-,46-,47-,49-/m0/s1. The van der Waals surface area contributed by atoms with Crippen LogP contribution in [0, 0.1) is 0 Å². The van der Waals surface area contributed by atoms with E-state index >= 15 is 0 Å². The molecule has 0 aromatic carbocycles. The smallest absolute Gasteiger partial charge is 0.364 e. The molecule has 1 unspecified atom stereocenters. The minimum atomic E-state index is -3.28. The molecule has 7 rings (SSSR count). The van der Waals surface area contributed by atoms with Crippen LogP contribution in [0.15, 0.2) is 0 Å². The van der Waals surface area contributed by atoms with Gasteiger partial charge in [-0.25, -0.2) is 4.79 Å². The van der Waals surface area contributed by atoms with Crippen LogP contribution in [0.1, 0.15) is 20.3 Å². The van der Waals surface area contributed by atoms with E-state index < -0.39 is 291 Å². The van der Waals surface area contributed by atoms with Crippen LogP contribution in [-0.4, -0.2) is 402 Å². The van der Waals surface area contributed by atoms with Crippen LogP contribution in [0.2, 0.25) is 0 Å². The Kier molecular flexibility index (Phi) is 26.2. The molecule has 0 spiro atoms.